The number of likely N-dealkylation sites (tertiary alicyclic amines) is 1. The van der Waals surface area contributed by atoms with Crippen molar-refractivity contribution in [2.24, 2.45) is 0 Å². The lowest BCUT2D eigenvalue weighted by Crippen LogP contribution is -2.33. The molecule has 0 radical (unpaired) electrons. The Morgan fingerprint density at radius 3 is 2.86 bits per heavy atom. The number of aliphatic hydroxyl groups is 1. The third kappa shape index (κ3) is 4.70. The largest absolute Gasteiger partial charge is 0.496 e. The van der Waals surface area contributed by atoms with Crippen LogP contribution in [0.25, 0.3) is 0 Å². The van der Waals surface area contributed by atoms with E-state index in [4.69, 9.17) is 4.74 Å². The molecule has 1 aliphatic heterocycles. The van der Waals surface area contributed by atoms with Crippen LogP contribution in [-0.4, -0.2) is 42.4 Å². The van der Waals surface area contributed by atoms with E-state index in [1.165, 1.54) is 6.42 Å². The van der Waals surface area contributed by atoms with E-state index in [-0.39, 0.29) is 0 Å². The second kappa shape index (κ2) is 7.61. The molecule has 1 N–H and O–H groups in total. The Morgan fingerprint density at radius 1 is 1.33 bits per heavy atom. The zero-order chi connectivity index (χ0) is 15.3. The average Bonchev–Trinajstić information content (AvgIpc) is 2.62. The number of hydrogen-bond donors (Lipinski definition) is 1. The number of halogens is 1. The summed E-state index contributed by atoms with van der Waals surface area (Å²) >= 11 is 3.51. The van der Waals surface area contributed by atoms with Crippen molar-refractivity contribution in [3.05, 3.63) is 28.2 Å². The van der Waals surface area contributed by atoms with Gasteiger partial charge in [-0.15, -0.1) is 0 Å². The maximum Gasteiger partial charge on any atom is 0.122 e. The Hall–Kier alpha value is -0.580. The first-order valence-corrected chi connectivity index (χ1v) is 8.63. The molecule has 1 aromatic carbocycles. The fraction of sp³-hybridized carbons (Fsp3) is 0.647. The van der Waals surface area contributed by atoms with Crippen LogP contribution >= 0.6 is 15.9 Å². The van der Waals surface area contributed by atoms with Crippen LogP contribution in [0.5, 0.6) is 5.75 Å². The minimum atomic E-state index is -0.615. The highest BCUT2D eigenvalue weighted by molar-refractivity contribution is 9.10. The molecule has 1 saturated heterocycles. The van der Waals surface area contributed by atoms with Gasteiger partial charge in [0.15, 0.2) is 0 Å². The molecule has 1 heterocycles. The standard InChI is InChI=1S/C17H26BrNO2/c1-3-9-19-10-4-7-17(20,8-11-19)13-14-12-15(18)5-6-16(14)21-2/h5-6,12,20H,3-4,7-11,13H2,1-2H3. The molecule has 0 amide bonds. The molecular formula is C17H26BrNO2. The molecule has 1 atom stereocenters. The minimum Gasteiger partial charge on any atom is -0.496 e. The highest BCUT2D eigenvalue weighted by Gasteiger charge is 2.31. The summed E-state index contributed by atoms with van der Waals surface area (Å²) in [5, 5.41) is 11.0. The molecule has 4 heteroatoms. The van der Waals surface area contributed by atoms with Crippen LogP contribution in [0.1, 0.15) is 38.2 Å². The third-order valence-corrected chi connectivity index (χ3v) is 4.80. The summed E-state index contributed by atoms with van der Waals surface area (Å²) in [6.45, 7) is 5.44. The Balaban J connectivity index is 2.09. The van der Waals surface area contributed by atoms with Crippen molar-refractivity contribution in [1.29, 1.82) is 0 Å². The molecule has 21 heavy (non-hydrogen) atoms. The zero-order valence-electron chi connectivity index (χ0n) is 13.1. The first-order valence-electron chi connectivity index (χ1n) is 7.83. The summed E-state index contributed by atoms with van der Waals surface area (Å²) in [5.74, 6) is 0.862. The van der Waals surface area contributed by atoms with Gasteiger partial charge in [-0.1, -0.05) is 22.9 Å². The van der Waals surface area contributed by atoms with Crippen molar-refractivity contribution in [2.75, 3.05) is 26.7 Å². The molecule has 1 unspecified atom stereocenters. The Bertz CT molecular complexity index is 466. The van der Waals surface area contributed by atoms with Gasteiger partial charge in [-0.3, -0.25) is 0 Å². The zero-order valence-corrected chi connectivity index (χ0v) is 14.7. The van der Waals surface area contributed by atoms with E-state index in [0.717, 1.165) is 54.7 Å². The van der Waals surface area contributed by atoms with Gasteiger partial charge in [-0.25, -0.2) is 0 Å². The quantitative estimate of drug-likeness (QED) is 0.875. The van der Waals surface area contributed by atoms with Crippen molar-refractivity contribution >= 4 is 15.9 Å². The van der Waals surface area contributed by atoms with Gasteiger partial charge in [-0.2, -0.15) is 0 Å². The minimum absolute atomic E-state index is 0.615. The molecule has 2 rings (SSSR count). The van der Waals surface area contributed by atoms with Gasteiger partial charge in [0.1, 0.15) is 5.75 Å². The second-order valence-corrected chi connectivity index (χ2v) is 6.97. The van der Waals surface area contributed by atoms with E-state index < -0.39 is 5.60 Å². The Labute approximate surface area is 136 Å². The summed E-state index contributed by atoms with van der Waals surface area (Å²) in [4.78, 5) is 2.47. The molecule has 118 valence electrons. The van der Waals surface area contributed by atoms with E-state index in [0.29, 0.717) is 6.42 Å². The summed E-state index contributed by atoms with van der Waals surface area (Å²) in [7, 11) is 1.69. The fourth-order valence-electron chi connectivity index (χ4n) is 3.19. The summed E-state index contributed by atoms with van der Waals surface area (Å²) < 4.78 is 6.47. The van der Waals surface area contributed by atoms with Gasteiger partial charge in [0.05, 0.1) is 12.7 Å². The van der Waals surface area contributed by atoms with E-state index in [1.54, 1.807) is 7.11 Å². The second-order valence-electron chi connectivity index (χ2n) is 6.05. The monoisotopic (exact) mass is 355 g/mol. The molecule has 0 bridgehead atoms. The molecule has 0 aliphatic carbocycles. The van der Waals surface area contributed by atoms with Gasteiger partial charge in [-0.05, 0) is 62.5 Å². The first kappa shape index (κ1) is 16.8. The number of ether oxygens (including phenoxy) is 1. The number of benzene rings is 1. The molecule has 1 aliphatic rings. The van der Waals surface area contributed by atoms with Crippen LogP contribution in [0, 0.1) is 0 Å². The first-order chi connectivity index (χ1) is 10.1. The lowest BCUT2D eigenvalue weighted by Gasteiger charge is -2.28. The summed E-state index contributed by atoms with van der Waals surface area (Å²) in [6, 6.07) is 6.00. The van der Waals surface area contributed by atoms with Crippen LogP contribution < -0.4 is 4.74 Å². The topological polar surface area (TPSA) is 32.7 Å². The van der Waals surface area contributed by atoms with Gasteiger partial charge >= 0.3 is 0 Å². The van der Waals surface area contributed by atoms with Crippen LogP contribution in [0.15, 0.2) is 22.7 Å². The number of nitrogens with zero attached hydrogens (tertiary/aromatic N) is 1. The highest BCUT2D eigenvalue weighted by atomic mass is 79.9. The van der Waals surface area contributed by atoms with Gasteiger partial charge < -0.3 is 14.7 Å². The van der Waals surface area contributed by atoms with Gasteiger partial charge in [0.2, 0.25) is 0 Å². The Morgan fingerprint density at radius 2 is 2.14 bits per heavy atom. The predicted molar refractivity (Wildman–Crippen MR) is 89.9 cm³/mol. The molecule has 0 saturated carbocycles. The van der Waals surface area contributed by atoms with Crippen molar-refractivity contribution in [3.63, 3.8) is 0 Å². The lowest BCUT2D eigenvalue weighted by molar-refractivity contribution is 0.0252. The van der Waals surface area contributed by atoms with Crippen LogP contribution in [0.2, 0.25) is 0 Å². The van der Waals surface area contributed by atoms with Gasteiger partial charge in [0, 0.05) is 17.4 Å². The maximum atomic E-state index is 11.0. The average molecular weight is 356 g/mol. The van der Waals surface area contributed by atoms with Crippen molar-refractivity contribution in [3.8, 4) is 5.75 Å². The molecular weight excluding hydrogens is 330 g/mol. The van der Waals surface area contributed by atoms with Crippen molar-refractivity contribution in [1.82, 2.24) is 4.90 Å². The third-order valence-electron chi connectivity index (χ3n) is 4.31. The Kier molecular flexibility index (Phi) is 6.08. The van der Waals surface area contributed by atoms with Crippen LogP contribution in [0.4, 0.5) is 0 Å². The van der Waals surface area contributed by atoms with Crippen molar-refractivity contribution in [2.45, 2.75) is 44.6 Å². The molecule has 0 aromatic heterocycles. The van der Waals surface area contributed by atoms with Crippen LogP contribution in [0.3, 0.4) is 0 Å². The molecule has 0 spiro atoms. The van der Waals surface area contributed by atoms with E-state index in [9.17, 15) is 5.11 Å². The summed E-state index contributed by atoms with van der Waals surface area (Å²) in [6.07, 6.45) is 4.60. The number of hydrogen-bond acceptors (Lipinski definition) is 3. The van der Waals surface area contributed by atoms with E-state index in [2.05, 4.69) is 33.8 Å². The van der Waals surface area contributed by atoms with Crippen LogP contribution in [-0.2, 0) is 6.42 Å². The molecule has 1 aromatic rings. The van der Waals surface area contributed by atoms with Crippen molar-refractivity contribution < 1.29 is 9.84 Å². The number of methoxy groups -OCH3 is 1. The fourth-order valence-corrected chi connectivity index (χ4v) is 3.60. The molecule has 1 fully saturated rings. The van der Waals surface area contributed by atoms with E-state index in [1.807, 2.05) is 12.1 Å². The summed E-state index contributed by atoms with van der Waals surface area (Å²) in [5.41, 5.74) is 0.467. The highest BCUT2D eigenvalue weighted by Crippen LogP contribution is 2.31. The maximum absolute atomic E-state index is 11.0. The normalized spacial score (nSPS) is 23.8. The smallest absolute Gasteiger partial charge is 0.122 e. The number of rotatable bonds is 5. The predicted octanol–water partition coefficient (Wildman–Crippen LogP) is 3.63. The van der Waals surface area contributed by atoms with Gasteiger partial charge in [0.25, 0.3) is 0 Å². The SMILES string of the molecule is CCCN1CCCC(O)(Cc2cc(Br)ccc2OC)CC1. The molecule has 3 nitrogen and oxygen atoms in total. The lowest BCUT2D eigenvalue weighted by atomic mass is 9.87. The van der Waals surface area contributed by atoms with E-state index >= 15 is 0 Å².